The van der Waals surface area contributed by atoms with Gasteiger partial charge in [0.1, 0.15) is 11.5 Å². The highest BCUT2D eigenvalue weighted by Gasteiger charge is 2.26. The fourth-order valence-electron chi connectivity index (χ4n) is 3.47. The molecule has 0 radical (unpaired) electrons. The minimum absolute atomic E-state index is 0.102. The topological polar surface area (TPSA) is 125 Å². The lowest BCUT2D eigenvalue weighted by Crippen LogP contribution is -2.22. The predicted octanol–water partition coefficient (Wildman–Crippen LogP) is 2.50. The molecule has 2 fully saturated rings. The van der Waals surface area contributed by atoms with Crippen molar-refractivity contribution in [3.05, 3.63) is 52.6 Å². The molecule has 5 rings (SSSR count). The van der Waals surface area contributed by atoms with Gasteiger partial charge in [-0.05, 0) is 38.8 Å². The van der Waals surface area contributed by atoms with Crippen molar-refractivity contribution in [2.75, 3.05) is 10.6 Å². The standard InChI is InChI=1S/C21H21FN8O2/c1-10-3-6-15(22)14(7-10)11(2)24-19-27-17-12(8-16-18(31)28-21(32)26-16)9-23-30(17)20(29-19)25-13-4-5-13/h3,6-9,11,13H,4-5H2,1-2H3,(H2,24,25,27,29)(H2,26,28,31,32)/b16-8-/t11-/m1/s1. The number of halogens is 1. The SMILES string of the molecule is Cc1ccc(F)c([C@@H](C)Nc2nc(NC3CC3)n3ncc(/C=C4\NC(=O)NC4=O)c3n2)c1. The van der Waals surface area contributed by atoms with Crippen LogP contribution in [0.2, 0.25) is 0 Å². The molecular weight excluding hydrogens is 415 g/mol. The molecule has 11 heteroatoms. The number of aryl methyl sites for hydroxylation is 1. The number of imide groups is 1. The van der Waals surface area contributed by atoms with Gasteiger partial charge in [-0.3, -0.25) is 10.1 Å². The Labute approximate surface area is 182 Å². The molecule has 2 aliphatic rings. The molecule has 1 aliphatic heterocycles. The predicted molar refractivity (Wildman–Crippen MR) is 115 cm³/mol. The summed E-state index contributed by atoms with van der Waals surface area (Å²) in [4.78, 5) is 32.4. The van der Waals surface area contributed by atoms with Crippen molar-refractivity contribution in [3.8, 4) is 0 Å². The van der Waals surface area contributed by atoms with Crippen LogP contribution in [0.4, 0.5) is 21.1 Å². The van der Waals surface area contributed by atoms with Crippen LogP contribution in [0.3, 0.4) is 0 Å². The van der Waals surface area contributed by atoms with E-state index in [1.54, 1.807) is 22.8 Å². The van der Waals surface area contributed by atoms with E-state index in [1.807, 2.05) is 13.8 Å². The highest BCUT2D eigenvalue weighted by Crippen LogP contribution is 2.27. The van der Waals surface area contributed by atoms with Crippen LogP contribution >= 0.6 is 0 Å². The monoisotopic (exact) mass is 436 g/mol. The van der Waals surface area contributed by atoms with E-state index in [9.17, 15) is 14.0 Å². The van der Waals surface area contributed by atoms with Crippen LogP contribution in [-0.2, 0) is 4.79 Å². The lowest BCUT2D eigenvalue weighted by molar-refractivity contribution is -0.115. The molecule has 1 aromatic carbocycles. The van der Waals surface area contributed by atoms with Gasteiger partial charge in [-0.1, -0.05) is 17.7 Å². The number of carbonyl (C=O) groups is 2. The molecule has 1 saturated heterocycles. The zero-order valence-corrected chi connectivity index (χ0v) is 17.4. The quantitative estimate of drug-likeness (QED) is 0.346. The summed E-state index contributed by atoms with van der Waals surface area (Å²) in [5, 5.41) is 15.4. The van der Waals surface area contributed by atoms with Crippen molar-refractivity contribution in [3.63, 3.8) is 0 Å². The number of rotatable bonds is 6. The number of amides is 3. The second-order valence-corrected chi connectivity index (χ2v) is 7.98. The summed E-state index contributed by atoms with van der Waals surface area (Å²) in [6.45, 7) is 3.73. The normalized spacial score (nSPS) is 18.0. The number of fused-ring (bicyclic) bond motifs is 1. The van der Waals surface area contributed by atoms with Gasteiger partial charge in [0, 0.05) is 17.2 Å². The number of hydrogen-bond donors (Lipinski definition) is 4. The van der Waals surface area contributed by atoms with Crippen molar-refractivity contribution in [2.45, 2.75) is 38.8 Å². The number of anilines is 2. The van der Waals surface area contributed by atoms with Crippen LogP contribution in [0.1, 0.15) is 42.5 Å². The van der Waals surface area contributed by atoms with Gasteiger partial charge in [0.05, 0.1) is 12.2 Å². The second-order valence-electron chi connectivity index (χ2n) is 7.98. The highest BCUT2D eigenvalue weighted by molar-refractivity contribution is 6.14. The van der Waals surface area contributed by atoms with E-state index in [0.717, 1.165) is 18.4 Å². The Bertz CT molecular complexity index is 1280. The van der Waals surface area contributed by atoms with Gasteiger partial charge in [0.25, 0.3) is 5.91 Å². The summed E-state index contributed by atoms with van der Waals surface area (Å²) < 4.78 is 15.9. The smallest absolute Gasteiger partial charge is 0.326 e. The summed E-state index contributed by atoms with van der Waals surface area (Å²) in [6.07, 6.45) is 5.11. The third-order valence-electron chi connectivity index (χ3n) is 5.29. The molecule has 0 spiro atoms. The van der Waals surface area contributed by atoms with Gasteiger partial charge in [-0.25, -0.2) is 9.18 Å². The van der Waals surface area contributed by atoms with Gasteiger partial charge < -0.3 is 16.0 Å². The molecule has 0 unspecified atom stereocenters. The molecule has 4 N–H and O–H groups in total. The van der Waals surface area contributed by atoms with Gasteiger partial charge in [0.15, 0.2) is 5.65 Å². The minimum atomic E-state index is -0.584. The molecule has 0 bridgehead atoms. The number of hydrogen-bond acceptors (Lipinski definition) is 7. The van der Waals surface area contributed by atoms with Crippen LogP contribution in [-0.4, -0.2) is 37.6 Å². The molecule has 2 aromatic heterocycles. The molecule has 3 heterocycles. The van der Waals surface area contributed by atoms with E-state index >= 15 is 0 Å². The zero-order valence-electron chi connectivity index (χ0n) is 17.4. The van der Waals surface area contributed by atoms with Crippen molar-refractivity contribution in [1.29, 1.82) is 0 Å². The van der Waals surface area contributed by atoms with Crippen molar-refractivity contribution < 1.29 is 14.0 Å². The summed E-state index contributed by atoms with van der Waals surface area (Å²) >= 11 is 0. The molecular formula is C21H21FN8O2. The Balaban J connectivity index is 1.53. The van der Waals surface area contributed by atoms with Crippen molar-refractivity contribution in [2.24, 2.45) is 0 Å². The number of urea groups is 1. The van der Waals surface area contributed by atoms with Crippen LogP contribution in [0.25, 0.3) is 11.7 Å². The first-order valence-corrected chi connectivity index (χ1v) is 10.3. The second kappa shape index (κ2) is 7.59. The zero-order chi connectivity index (χ0) is 22.4. The summed E-state index contributed by atoms with van der Waals surface area (Å²) in [5.74, 6) is -0.0667. The third kappa shape index (κ3) is 3.84. The maximum atomic E-state index is 14.4. The summed E-state index contributed by atoms with van der Waals surface area (Å²) in [5.41, 5.74) is 2.51. The van der Waals surface area contributed by atoms with Gasteiger partial charge in [0.2, 0.25) is 11.9 Å². The maximum Gasteiger partial charge on any atom is 0.326 e. The number of nitrogens with one attached hydrogen (secondary N) is 4. The number of aromatic nitrogens is 4. The molecule has 3 aromatic rings. The van der Waals surface area contributed by atoms with Crippen LogP contribution in [0, 0.1) is 12.7 Å². The molecule has 3 amide bonds. The van der Waals surface area contributed by atoms with Gasteiger partial charge in [-0.2, -0.15) is 19.6 Å². The lowest BCUT2D eigenvalue weighted by Gasteiger charge is -2.17. The Kier molecular flexibility index (Phi) is 4.72. The van der Waals surface area contributed by atoms with E-state index in [0.29, 0.717) is 28.8 Å². The van der Waals surface area contributed by atoms with E-state index in [4.69, 9.17) is 0 Å². The summed E-state index contributed by atoms with van der Waals surface area (Å²) in [7, 11) is 0. The van der Waals surface area contributed by atoms with Crippen molar-refractivity contribution in [1.82, 2.24) is 30.2 Å². The number of carbonyl (C=O) groups excluding carboxylic acids is 2. The Morgan fingerprint density at radius 1 is 1.25 bits per heavy atom. The van der Waals surface area contributed by atoms with E-state index in [1.165, 1.54) is 12.1 Å². The first-order chi connectivity index (χ1) is 15.4. The fourth-order valence-corrected chi connectivity index (χ4v) is 3.47. The first-order valence-electron chi connectivity index (χ1n) is 10.3. The Morgan fingerprint density at radius 3 is 2.78 bits per heavy atom. The van der Waals surface area contributed by atoms with Gasteiger partial charge in [-0.15, -0.1) is 0 Å². The number of nitrogens with zero attached hydrogens (tertiary/aromatic N) is 4. The van der Waals surface area contributed by atoms with Crippen LogP contribution < -0.4 is 21.3 Å². The van der Waals surface area contributed by atoms with E-state index in [2.05, 4.69) is 36.3 Å². The third-order valence-corrected chi connectivity index (χ3v) is 5.29. The van der Waals surface area contributed by atoms with Crippen LogP contribution in [0.15, 0.2) is 30.1 Å². The molecule has 32 heavy (non-hydrogen) atoms. The van der Waals surface area contributed by atoms with E-state index < -0.39 is 18.0 Å². The Morgan fingerprint density at radius 2 is 2.06 bits per heavy atom. The van der Waals surface area contributed by atoms with E-state index in [-0.39, 0.29) is 17.5 Å². The molecule has 164 valence electrons. The highest BCUT2D eigenvalue weighted by atomic mass is 19.1. The first kappa shape index (κ1) is 19.9. The summed E-state index contributed by atoms with van der Waals surface area (Å²) in [6, 6.07) is 4.27. The molecule has 1 saturated carbocycles. The van der Waals surface area contributed by atoms with Crippen LogP contribution in [0.5, 0.6) is 0 Å². The average molecular weight is 436 g/mol. The van der Waals surface area contributed by atoms with Crippen molar-refractivity contribution >= 4 is 35.6 Å². The number of benzene rings is 1. The maximum absolute atomic E-state index is 14.4. The fraction of sp³-hybridized carbons (Fsp3) is 0.286. The molecule has 1 aliphatic carbocycles. The lowest BCUT2D eigenvalue weighted by atomic mass is 10.1. The Hall–Kier alpha value is -4.02. The molecule has 10 nitrogen and oxygen atoms in total. The minimum Gasteiger partial charge on any atom is -0.351 e. The largest absolute Gasteiger partial charge is 0.351 e. The van der Waals surface area contributed by atoms with Gasteiger partial charge >= 0.3 is 6.03 Å². The average Bonchev–Trinajstić information content (AvgIpc) is 3.38. The molecule has 1 atom stereocenters.